The van der Waals surface area contributed by atoms with Crippen LogP contribution in [0.5, 0.6) is 0 Å². The Morgan fingerprint density at radius 2 is 1.71 bits per heavy atom. The van der Waals surface area contributed by atoms with Gasteiger partial charge in [0, 0.05) is 4.90 Å². The summed E-state index contributed by atoms with van der Waals surface area (Å²) in [5.41, 5.74) is 1.04. The Morgan fingerprint density at radius 1 is 1.21 bits per heavy atom. The molecule has 0 N–H and O–H groups in total. The molecule has 0 radical (unpaired) electrons. The molecule has 1 rings (SSSR count). The third-order valence-electron chi connectivity index (χ3n) is 1.62. The van der Waals surface area contributed by atoms with Gasteiger partial charge in [-0.3, -0.25) is 0 Å². The van der Waals surface area contributed by atoms with E-state index in [-0.39, 0.29) is 62.8 Å². The van der Waals surface area contributed by atoms with Crippen molar-refractivity contribution >= 4 is 10.0 Å². The summed E-state index contributed by atoms with van der Waals surface area (Å²) in [7, 11) is -3.40. The molecule has 0 saturated carbocycles. The first-order valence-corrected chi connectivity index (χ1v) is 5.50. The third-order valence-corrected chi connectivity index (χ3v) is 3.08. The monoisotopic (exact) mass is 237 g/mol. The van der Waals surface area contributed by atoms with E-state index in [0.29, 0.717) is 0 Å². The maximum absolute atomic E-state index is 11.4. The fourth-order valence-electron chi connectivity index (χ4n) is 0.955. The van der Waals surface area contributed by atoms with Crippen LogP contribution in [0.25, 0.3) is 4.72 Å². The maximum Gasteiger partial charge on any atom is 1.00 e. The van der Waals surface area contributed by atoms with Gasteiger partial charge in [0.15, 0.2) is 0 Å². The van der Waals surface area contributed by atoms with Crippen molar-refractivity contribution in [3.63, 3.8) is 0 Å². The van der Waals surface area contributed by atoms with Crippen LogP contribution in [-0.2, 0) is 10.0 Å². The van der Waals surface area contributed by atoms with Gasteiger partial charge in [-0.15, -0.1) is 6.54 Å². The van der Waals surface area contributed by atoms with Crippen molar-refractivity contribution in [2.24, 2.45) is 0 Å². The van der Waals surface area contributed by atoms with Crippen LogP contribution in [0, 0.1) is 6.92 Å². The molecule has 0 aromatic heterocycles. The molecule has 14 heavy (non-hydrogen) atoms. The second kappa shape index (κ2) is 6.37. The van der Waals surface area contributed by atoms with Crippen molar-refractivity contribution in [3.8, 4) is 0 Å². The SMILES string of the molecule is CC[N-]S(=O)(=O)c1ccc(C)cc1.[K+]. The molecule has 0 bridgehead atoms. The van der Waals surface area contributed by atoms with Crippen molar-refractivity contribution in [3.05, 3.63) is 34.6 Å². The summed E-state index contributed by atoms with van der Waals surface area (Å²) in [6.07, 6.45) is 0. The van der Waals surface area contributed by atoms with E-state index in [2.05, 4.69) is 4.72 Å². The molecule has 5 heteroatoms. The van der Waals surface area contributed by atoms with Crippen molar-refractivity contribution < 1.29 is 59.8 Å². The predicted octanol–water partition coefficient (Wildman–Crippen LogP) is -0.919. The van der Waals surface area contributed by atoms with Crippen LogP contribution < -0.4 is 51.4 Å². The Bertz CT molecular complexity index is 372. The van der Waals surface area contributed by atoms with Crippen LogP contribution in [-0.4, -0.2) is 15.0 Å². The van der Waals surface area contributed by atoms with E-state index in [1.54, 1.807) is 31.2 Å². The first-order valence-electron chi connectivity index (χ1n) is 4.06. The van der Waals surface area contributed by atoms with Gasteiger partial charge in [0.2, 0.25) is 0 Å². The molecule has 0 amide bonds. The first kappa shape index (κ1) is 14.8. The molecular weight excluding hydrogens is 225 g/mol. The minimum Gasteiger partial charge on any atom is -0.545 e. The van der Waals surface area contributed by atoms with Crippen LogP contribution >= 0.6 is 0 Å². The molecule has 0 unspecified atom stereocenters. The zero-order valence-electron chi connectivity index (χ0n) is 8.69. The molecule has 0 heterocycles. The molecule has 0 aliphatic carbocycles. The number of nitrogens with zero attached hydrogens (tertiary/aromatic N) is 1. The zero-order valence-corrected chi connectivity index (χ0v) is 12.6. The standard InChI is InChI=1S/C9H12NO2S.K/c1-3-10-13(11,12)9-6-4-8(2)5-7-9;/h4-7H,3H2,1-2H3;/q-1;+1. The maximum atomic E-state index is 11.4. The molecule has 0 spiro atoms. The summed E-state index contributed by atoms with van der Waals surface area (Å²) in [6.45, 7) is 3.90. The van der Waals surface area contributed by atoms with Gasteiger partial charge in [0.1, 0.15) is 10.0 Å². The van der Waals surface area contributed by atoms with Gasteiger partial charge in [0.25, 0.3) is 0 Å². The van der Waals surface area contributed by atoms with Gasteiger partial charge in [-0.2, -0.15) is 0 Å². The number of benzene rings is 1. The number of sulfonamides is 1. The molecule has 72 valence electrons. The predicted molar refractivity (Wildman–Crippen MR) is 52.3 cm³/mol. The minimum absolute atomic E-state index is 0. The van der Waals surface area contributed by atoms with Crippen LogP contribution in [0.15, 0.2) is 29.2 Å². The Kier molecular flexibility index (Phi) is 6.72. The molecule has 1 aromatic rings. The second-order valence-electron chi connectivity index (χ2n) is 2.73. The van der Waals surface area contributed by atoms with E-state index in [0.717, 1.165) is 5.56 Å². The van der Waals surface area contributed by atoms with Crippen molar-refractivity contribution in [2.75, 3.05) is 6.54 Å². The molecular formula is C9H12KNO2S. The van der Waals surface area contributed by atoms with E-state index < -0.39 is 10.0 Å². The van der Waals surface area contributed by atoms with Gasteiger partial charge >= 0.3 is 51.4 Å². The van der Waals surface area contributed by atoms with Gasteiger partial charge in [-0.05, 0) is 19.1 Å². The largest absolute Gasteiger partial charge is 1.00 e. The van der Waals surface area contributed by atoms with Crippen LogP contribution in [0.4, 0.5) is 0 Å². The van der Waals surface area contributed by atoms with Crippen LogP contribution in [0.2, 0.25) is 0 Å². The minimum atomic E-state index is -3.40. The van der Waals surface area contributed by atoms with E-state index in [1.807, 2.05) is 6.92 Å². The van der Waals surface area contributed by atoms with Crippen LogP contribution in [0.3, 0.4) is 0 Å². The van der Waals surface area contributed by atoms with Gasteiger partial charge < -0.3 is 4.72 Å². The van der Waals surface area contributed by atoms with Crippen molar-refractivity contribution in [1.82, 2.24) is 0 Å². The fourth-order valence-corrected chi connectivity index (χ4v) is 1.92. The average Bonchev–Trinajstić information content (AvgIpc) is 2.05. The summed E-state index contributed by atoms with van der Waals surface area (Å²) in [4.78, 5) is 0.264. The molecule has 3 nitrogen and oxygen atoms in total. The number of rotatable bonds is 3. The van der Waals surface area contributed by atoms with Crippen LogP contribution in [0.1, 0.15) is 12.5 Å². The quantitative estimate of drug-likeness (QED) is 0.639. The Hall–Kier alpha value is 0.766. The molecule has 0 aliphatic rings. The topological polar surface area (TPSA) is 48.2 Å². The summed E-state index contributed by atoms with van der Waals surface area (Å²) in [6, 6.07) is 6.67. The molecule has 1 aromatic carbocycles. The summed E-state index contributed by atoms with van der Waals surface area (Å²) in [5, 5.41) is 0. The summed E-state index contributed by atoms with van der Waals surface area (Å²) < 4.78 is 26.3. The van der Waals surface area contributed by atoms with Gasteiger partial charge in [0.05, 0.1) is 0 Å². The molecule has 0 atom stereocenters. The zero-order chi connectivity index (χ0) is 9.90. The number of aryl methyl sites for hydroxylation is 1. The Labute approximate surface area is 128 Å². The van der Waals surface area contributed by atoms with E-state index in [9.17, 15) is 8.42 Å². The summed E-state index contributed by atoms with van der Waals surface area (Å²) >= 11 is 0. The Morgan fingerprint density at radius 3 is 2.14 bits per heavy atom. The Balaban J connectivity index is 0.00000169. The first-order chi connectivity index (χ1) is 6.06. The van der Waals surface area contributed by atoms with Crippen molar-refractivity contribution in [1.29, 1.82) is 0 Å². The normalized spacial score (nSPS) is 10.7. The third kappa shape index (κ3) is 4.10. The fraction of sp³-hybridized carbons (Fsp3) is 0.333. The molecule has 0 saturated heterocycles. The number of hydrogen-bond acceptors (Lipinski definition) is 2. The average molecular weight is 237 g/mol. The smallest absolute Gasteiger partial charge is 0.545 e. The van der Waals surface area contributed by atoms with E-state index in [1.165, 1.54) is 0 Å². The number of hydrogen-bond donors (Lipinski definition) is 0. The molecule has 0 aliphatic heterocycles. The second-order valence-corrected chi connectivity index (χ2v) is 4.41. The van der Waals surface area contributed by atoms with Crippen molar-refractivity contribution in [2.45, 2.75) is 18.7 Å². The summed E-state index contributed by atoms with van der Waals surface area (Å²) in [5.74, 6) is 0. The van der Waals surface area contributed by atoms with Gasteiger partial charge in [-0.25, -0.2) is 8.42 Å². The van der Waals surface area contributed by atoms with E-state index >= 15 is 0 Å². The van der Waals surface area contributed by atoms with E-state index in [4.69, 9.17) is 0 Å². The van der Waals surface area contributed by atoms with Gasteiger partial charge in [-0.1, -0.05) is 24.6 Å². The molecule has 0 fully saturated rings.